The Hall–Kier alpha value is -2.75. The van der Waals surface area contributed by atoms with E-state index in [9.17, 15) is 0 Å². The molecule has 120 valence electrons. The van der Waals surface area contributed by atoms with Gasteiger partial charge in [-0.25, -0.2) is 4.99 Å². The number of aliphatic imine (C=N–C) groups is 1. The molecule has 0 atom stereocenters. The topological polar surface area (TPSA) is 42.8 Å². The molecule has 0 bridgehead atoms. The van der Waals surface area contributed by atoms with Gasteiger partial charge in [0.2, 0.25) is 0 Å². The van der Waals surface area contributed by atoms with Crippen molar-refractivity contribution >= 4 is 17.1 Å². The maximum Gasteiger partial charge on any atom is 0.144 e. The van der Waals surface area contributed by atoms with Gasteiger partial charge in [0.25, 0.3) is 0 Å². The molecule has 0 heterocycles. The molecular weight excluding hydrogens is 288 g/mol. The van der Waals surface area contributed by atoms with Gasteiger partial charge < -0.3 is 14.8 Å². The summed E-state index contributed by atoms with van der Waals surface area (Å²) in [6.07, 6.45) is 1.98. The first-order chi connectivity index (χ1) is 11.1. The van der Waals surface area contributed by atoms with Crippen LogP contribution in [-0.4, -0.2) is 19.9 Å². The summed E-state index contributed by atoms with van der Waals surface area (Å²) >= 11 is 0. The number of rotatable bonds is 6. The number of allylic oxidation sites excluding steroid dienone is 2. The lowest BCUT2D eigenvalue weighted by atomic mass is 10.2. The number of para-hydroxylation sites is 4. The van der Waals surface area contributed by atoms with Crippen molar-refractivity contribution < 1.29 is 9.47 Å². The van der Waals surface area contributed by atoms with Crippen LogP contribution in [0.3, 0.4) is 0 Å². The Labute approximate surface area is 137 Å². The minimum absolute atomic E-state index is 0.760. The number of nitrogens with zero attached hydrogens (tertiary/aromatic N) is 1. The molecule has 0 amide bonds. The van der Waals surface area contributed by atoms with Gasteiger partial charge in [-0.05, 0) is 44.2 Å². The van der Waals surface area contributed by atoms with E-state index in [4.69, 9.17) is 9.47 Å². The van der Waals surface area contributed by atoms with Crippen molar-refractivity contribution in [1.29, 1.82) is 0 Å². The zero-order valence-corrected chi connectivity index (χ0v) is 14.0. The lowest BCUT2D eigenvalue weighted by Gasteiger charge is -2.11. The standard InChI is InChI=1S/C19H22N2O2/c1-14(20-16-9-5-7-11-18(16)22-3)13-15(2)21-17-10-6-8-12-19(17)23-4/h5-13,20H,1-4H3/b14-13-,21-15+. The van der Waals surface area contributed by atoms with E-state index >= 15 is 0 Å². The molecule has 0 saturated carbocycles. The predicted octanol–water partition coefficient (Wildman–Crippen LogP) is 4.81. The quantitative estimate of drug-likeness (QED) is 0.778. The number of ether oxygens (including phenoxy) is 2. The fourth-order valence-corrected chi connectivity index (χ4v) is 2.25. The van der Waals surface area contributed by atoms with E-state index in [1.807, 2.05) is 68.5 Å². The number of benzene rings is 2. The molecule has 23 heavy (non-hydrogen) atoms. The highest BCUT2D eigenvalue weighted by molar-refractivity contribution is 5.96. The molecule has 0 aromatic heterocycles. The van der Waals surface area contributed by atoms with E-state index in [2.05, 4.69) is 10.3 Å². The molecule has 0 saturated heterocycles. The first-order valence-corrected chi connectivity index (χ1v) is 7.40. The maximum atomic E-state index is 5.34. The van der Waals surface area contributed by atoms with Crippen molar-refractivity contribution in [2.45, 2.75) is 13.8 Å². The first-order valence-electron chi connectivity index (χ1n) is 7.40. The summed E-state index contributed by atoms with van der Waals surface area (Å²) in [4.78, 5) is 4.60. The Bertz CT molecular complexity index is 721. The van der Waals surface area contributed by atoms with Crippen LogP contribution >= 0.6 is 0 Å². The van der Waals surface area contributed by atoms with Crippen LogP contribution in [0.1, 0.15) is 13.8 Å². The number of methoxy groups -OCH3 is 2. The van der Waals surface area contributed by atoms with Gasteiger partial charge >= 0.3 is 0 Å². The number of nitrogens with one attached hydrogen (secondary N) is 1. The summed E-state index contributed by atoms with van der Waals surface area (Å²) in [5, 5.41) is 3.33. The molecule has 0 aliphatic rings. The second-order valence-electron chi connectivity index (χ2n) is 5.08. The van der Waals surface area contributed by atoms with Gasteiger partial charge in [-0.2, -0.15) is 0 Å². The van der Waals surface area contributed by atoms with E-state index in [0.717, 1.165) is 34.3 Å². The van der Waals surface area contributed by atoms with Crippen LogP contribution < -0.4 is 14.8 Å². The third kappa shape index (κ3) is 4.61. The molecule has 0 aliphatic heterocycles. The van der Waals surface area contributed by atoms with Gasteiger partial charge in [0, 0.05) is 11.4 Å². The summed E-state index contributed by atoms with van der Waals surface area (Å²) < 4.78 is 10.7. The highest BCUT2D eigenvalue weighted by atomic mass is 16.5. The Kier molecular flexibility index (Phi) is 5.80. The van der Waals surface area contributed by atoms with Crippen LogP contribution in [0.4, 0.5) is 11.4 Å². The molecule has 4 nitrogen and oxygen atoms in total. The molecule has 0 radical (unpaired) electrons. The monoisotopic (exact) mass is 310 g/mol. The summed E-state index contributed by atoms with van der Waals surface area (Å²) in [5.41, 5.74) is 3.60. The largest absolute Gasteiger partial charge is 0.495 e. The van der Waals surface area contributed by atoms with Gasteiger partial charge in [-0.15, -0.1) is 0 Å². The van der Waals surface area contributed by atoms with Gasteiger partial charge in [0.1, 0.15) is 17.2 Å². The van der Waals surface area contributed by atoms with Gasteiger partial charge in [-0.3, -0.25) is 0 Å². The number of hydrogen-bond acceptors (Lipinski definition) is 4. The van der Waals surface area contributed by atoms with Crippen LogP contribution in [-0.2, 0) is 0 Å². The highest BCUT2D eigenvalue weighted by Crippen LogP contribution is 2.27. The van der Waals surface area contributed by atoms with Gasteiger partial charge in [0.15, 0.2) is 0 Å². The lowest BCUT2D eigenvalue weighted by molar-refractivity contribution is 0.416. The van der Waals surface area contributed by atoms with Crippen molar-refractivity contribution in [3.05, 3.63) is 60.3 Å². The maximum absolute atomic E-state index is 5.34. The zero-order valence-electron chi connectivity index (χ0n) is 14.0. The third-order valence-corrected chi connectivity index (χ3v) is 3.25. The molecule has 2 rings (SSSR count). The fourth-order valence-electron chi connectivity index (χ4n) is 2.25. The van der Waals surface area contributed by atoms with E-state index in [-0.39, 0.29) is 0 Å². The molecule has 0 spiro atoms. The molecule has 0 aliphatic carbocycles. The number of anilines is 1. The van der Waals surface area contributed by atoms with Gasteiger partial charge in [0.05, 0.1) is 19.9 Å². The Balaban J connectivity index is 2.18. The molecule has 4 heteroatoms. The molecule has 2 aromatic rings. The average molecular weight is 310 g/mol. The second kappa shape index (κ2) is 8.03. The minimum Gasteiger partial charge on any atom is -0.495 e. The van der Waals surface area contributed by atoms with Crippen molar-refractivity contribution in [3.8, 4) is 11.5 Å². The van der Waals surface area contributed by atoms with Crippen molar-refractivity contribution in [2.75, 3.05) is 19.5 Å². The van der Waals surface area contributed by atoms with Crippen LogP contribution in [0.15, 0.2) is 65.3 Å². The van der Waals surface area contributed by atoms with Crippen LogP contribution in [0, 0.1) is 0 Å². The number of hydrogen-bond donors (Lipinski definition) is 1. The summed E-state index contributed by atoms with van der Waals surface area (Å²) in [5.74, 6) is 1.56. The Morgan fingerprint density at radius 2 is 1.52 bits per heavy atom. The normalized spacial score (nSPS) is 12.0. The van der Waals surface area contributed by atoms with Crippen molar-refractivity contribution in [3.63, 3.8) is 0 Å². The molecule has 2 aromatic carbocycles. The summed E-state index contributed by atoms with van der Waals surface area (Å²) in [6.45, 7) is 3.95. The molecular formula is C19H22N2O2. The highest BCUT2D eigenvalue weighted by Gasteiger charge is 2.02. The van der Waals surface area contributed by atoms with Crippen molar-refractivity contribution in [2.24, 2.45) is 4.99 Å². The second-order valence-corrected chi connectivity index (χ2v) is 5.08. The zero-order chi connectivity index (χ0) is 16.7. The minimum atomic E-state index is 0.760. The Morgan fingerprint density at radius 3 is 2.22 bits per heavy atom. The first kappa shape index (κ1) is 16.6. The fraction of sp³-hybridized carbons (Fsp3) is 0.211. The van der Waals surface area contributed by atoms with E-state index in [1.54, 1.807) is 14.2 Å². The van der Waals surface area contributed by atoms with Crippen LogP contribution in [0.2, 0.25) is 0 Å². The molecule has 1 N–H and O–H groups in total. The summed E-state index contributed by atoms with van der Waals surface area (Å²) in [6, 6.07) is 15.5. The predicted molar refractivity (Wildman–Crippen MR) is 96.1 cm³/mol. The third-order valence-electron chi connectivity index (χ3n) is 3.25. The smallest absolute Gasteiger partial charge is 0.144 e. The average Bonchev–Trinajstić information content (AvgIpc) is 2.55. The van der Waals surface area contributed by atoms with E-state index in [0.29, 0.717) is 0 Å². The SMILES string of the molecule is COc1ccccc1/N=C(C)/C=C(/C)Nc1ccccc1OC. The molecule has 0 unspecified atom stereocenters. The van der Waals surface area contributed by atoms with E-state index in [1.165, 1.54) is 0 Å². The van der Waals surface area contributed by atoms with Crippen LogP contribution in [0.5, 0.6) is 11.5 Å². The van der Waals surface area contributed by atoms with E-state index < -0.39 is 0 Å². The Morgan fingerprint density at radius 1 is 0.913 bits per heavy atom. The van der Waals surface area contributed by atoms with Crippen molar-refractivity contribution in [1.82, 2.24) is 0 Å². The van der Waals surface area contributed by atoms with Crippen LogP contribution in [0.25, 0.3) is 0 Å². The lowest BCUT2D eigenvalue weighted by Crippen LogP contribution is -2.00. The molecule has 0 fully saturated rings. The summed E-state index contributed by atoms with van der Waals surface area (Å²) in [7, 11) is 3.31. The van der Waals surface area contributed by atoms with Gasteiger partial charge in [-0.1, -0.05) is 24.3 Å².